The zero-order valence-corrected chi connectivity index (χ0v) is 17.8. The maximum atomic E-state index is 5.48. The topological polar surface area (TPSA) is 85.8 Å². The zero-order valence-electron chi connectivity index (χ0n) is 17.8. The molecule has 0 bridgehead atoms. The Kier molecular flexibility index (Phi) is 5.23. The number of aryl methyl sites for hydroxylation is 1. The van der Waals surface area contributed by atoms with Gasteiger partial charge in [0.2, 0.25) is 0 Å². The van der Waals surface area contributed by atoms with Gasteiger partial charge in [0.1, 0.15) is 17.5 Å². The van der Waals surface area contributed by atoms with Gasteiger partial charge in [-0.1, -0.05) is 25.4 Å². The molecule has 1 atom stereocenters. The number of hydrogen-bond acceptors (Lipinski definition) is 7. The number of fused-ring (bicyclic) bond motifs is 1. The summed E-state index contributed by atoms with van der Waals surface area (Å²) >= 11 is 0. The molecule has 1 fully saturated rings. The van der Waals surface area contributed by atoms with Gasteiger partial charge in [-0.15, -0.1) is 10.2 Å². The molecular weight excluding hydrogens is 378 g/mol. The van der Waals surface area contributed by atoms with Crippen LogP contribution in [0.15, 0.2) is 22.9 Å². The third-order valence-electron chi connectivity index (χ3n) is 6.20. The van der Waals surface area contributed by atoms with E-state index >= 15 is 0 Å². The van der Waals surface area contributed by atoms with Crippen molar-refractivity contribution in [2.45, 2.75) is 70.8 Å². The number of piperidine rings is 1. The highest BCUT2D eigenvalue weighted by atomic mass is 16.5. The molecule has 0 spiro atoms. The average molecular weight is 408 g/mol. The van der Waals surface area contributed by atoms with Crippen LogP contribution in [-0.2, 0) is 13.0 Å². The quantitative estimate of drug-likeness (QED) is 0.647. The molecule has 2 aliphatic rings. The summed E-state index contributed by atoms with van der Waals surface area (Å²) in [5.74, 6) is 5.19. The molecule has 8 nitrogen and oxygen atoms in total. The van der Waals surface area contributed by atoms with Crippen molar-refractivity contribution in [3.05, 3.63) is 35.8 Å². The lowest BCUT2D eigenvalue weighted by atomic mass is 9.97. The standard InChI is InChI=1S/C22H29N7O/c1-15(2)20-24-22(30-27-20)16-9-10-23-19(13-16)28-11-6-7-17(14-28)21-26-25-18-8-4-3-5-12-29(18)21/h9-10,13,15,17H,3-8,11-12,14H2,1-2H3/t17-/m1/s1. The molecule has 0 saturated carbocycles. The van der Waals surface area contributed by atoms with Crippen molar-refractivity contribution in [3.8, 4) is 11.5 Å². The van der Waals surface area contributed by atoms with E-state index in [0.29, 0.717) is 11.8 Å². The second-order valence-electron chi connectivity index (χ2n) is 8.74. The first-order valence-electron chi connectivity index (χ1n) is 11.2. The number of hydrogen-bond donors (Lipinski definition) is 0. The Morgan fingerprint density at radius 2 is 2.03 bits per heavy atom. The summed E-state index contributed by atoms with van der Waals surface area (Å²) in [5.41, 5.74) is 0.915. The van der Waals surface area contributed by atoms with Crippen LogP contribution in [0.5, 0.6) is 0 Å². The van der Waals surface area contributed by atoms with Crippen molar-refractivity contribution >= 4 is 5.82 Å². The highest BCUT2D eigenvalue weighted by Gasteiger charge is 2.28. The summed E-state index contributed by atoms with van der Waals surface area (Å²) in [7, 11) is 0. The fourth-order valence-electron chi connectivity index (χ4n) is 4.52. The van der Waals surface area contributed by atoms with Crippen molar-refractivity contribution in [2.75, 3.05) is 18.0 Å². The van der Waals surface area contributed by atoms with Crippen LogP contribution in [0.3, 0.4) is 0 Å². The zero-order chi connectivity index (χ0) is 20.5. The molecule has 158 valence electrons. The molecule has 0 amide bonds. The normalized spacial score (nSPS) is 19.7. The van der Waals surface area contributed by atoms with Crippen molar-refractivity contribution in [1.29, 1.82) is 0 Å². The van der Waals surface area contributed by atoms with Crippen LogP contribution >= 0.6 is 0 Å². The van der Waals surface area contributed by atoms with E-state index in [1.54, 1.807) is 0 Å². The molecule has 1 saturated heterocycles. The maximum Gasteiger partial charge on any atom is 0.258 e. The van der Waals surface area contributed by atoms with Crippen LogP contribution < -0.4 is 4.90 Å². The van der Waals surface area contributed by atoms with E-state index in [-0.39, 0.29) is 5.92 Å². The Morgan fingerprint density at radius 3 is 2.90 bits per heavy atom. The lowest BCUT2D eigenvalue weighted by Gasteiger charge is -2.33. The average Bonchev–Trinajstić information content (AvgIpc) is 3.36. The third-order valence-corrected chi connectivity index (χ3v) is 6.20. The van der Waals surface area contributed by atoms with E-state index in [9.17, 15) is 0 Å². The minimum absolute atomic E-state index is 0.241. The first-order valence-corrected chi connectivity index (χ1v) is 11.2. The number of aromatic nitrogens is 6. The minimum atomic E-state index is 0.241. The van der Waals surface area contributed by atoms with Gasteiger partial charge in [0.05, 0.1) is 0 Å². The predicted octanol–water partition coefficient (Wildman–Crippen LogP) is 3.96. The molecule has 3 aromatic heterocycles. The molecular formula is C22H29N7O. The number of nitrogens with zero attached hydrogens (tertiary/aromatic N) is 7. The summed E-state index contributed by atoms with van der Waals surface area (Å²) in [6.07, 6.45) is 8.88. The third kappa shape index (κ3) is 3.70. The lowest BCUT2D eigenvalue weighted by molar-refractivity contribution is 0.419. The molecule has 0 N–H and O–H groups in total. The fourth-order valence-corrected chi connectivity index (χ4v) is 4.52. The highest BCUT2D eigenvalue weighted by molar-refractivity contribution is 5.59. The van der Waals surface area contributed by atoms with Crippen molar-refractivity contribution < 1.29 is 4.52 Å². The van der Waals surface area contributed by atoms with Crippen LogP contribution in [0.25, 0.3) is 11.5 Å². The molecule has 3 aromatic rings. The van der Waals surface area contributed by atoms with E-state index in [2.05, 4.69) is 54.7 Å². The van der Waals surface area contributed by atoms with Gasteiger partial charge in [0.15, 0.2) is 5.82 Å². The van der Waals surface area contributed by atoms with Gasteiger partial charge < -0.3 is 14.0 Å². The molecule has 8 heteroatoms. The predicted molar refractivity (Wildman–Crippen MR) is 113 cm³/mol. The van der Waals surface area contributed by atoms with Crippen LogP contribution in [0.4, 0.5) is 5.82 Å². The summed E-state index contributed by atoms with van der Waals surface area (Å²) in [6.45, 7) is 7.08. The number of anilines is 1. The fraction of sp³-hybridized carbons (Fsp3) is 0.591. The van der Waals surface area contributed by atoms with Crippen molar-refractivity contribution in [2.24, 2.45) is 0 Å². The smallest absolute Gasteiger partial charge is 0.258 e. The van der Waals surface area contributed by atoms with E-state index in [1.807, 2.05) is 12.3 Å². The highest BCUT2D eigenvalue weighted by Crippen LogP contribution is 2.31. The summed E-state index contributed by atoms with van der Waals surface area (Å²) in [4.78, 5) is 11.5. The largest absolute Gasteiger partial charge is 0.356 e. The molecule has 0 aromatic carbocycles. The first-order chi connectivity index (χ1) is 14.7. The Bertz CT molecular complexity index is 1010. The van der Waals surface area contributed by atoms with Gasteiger partial charge in [-0.2, -0.15) is 4.98 Å². The van der Waals surface area contributed by atoms with Crippen molar-refractivity contribution in [3.63, 3.8) is 0 Å². The van der Waals surface area contributed by atoms with Gasteiger partial charge >= 0.3 is 0 Å². The molecule has 0 unspecified atom stereocenters. The Labute approximate surface area is 176 Å². The minimum Gasteiger partial charge on any atom is -0.356 e. The summed E-state index contributed by atoms with van der Waals surface area (Å²) in [6, 6.07) is 3.99. The second-order valence-corrected chi connectivity index (χ2v) is 8.74. The van der Waals surface area contributed by atoms with Gasteiger partial charge in [-0.05, 0) is 37.8 Å². The number of pyridine rings is 1. The van der Waals surface area contributed by atoms with Crippen LogP contribution in [-0.4, -0.2) is 43.0 Å². The lowest BCUT2D eigenvalue weighted by Crippen LogP contribution is -2.36. The summed E-state index contributed by atoms with van der Waals surface area (Å²) < 4.78 is 7.87. The van der Waals surface area contributed by atoms with Crippen LogP contribution in [0, 0.1) is 0 Å². The van der Waals surface area contributed by atoms with E-state index in [0.717, 1.165) is 67.8 Å². The second kappa shape index (κ2) is 8.16. The van der Waals surface area contributed by atoms with E-state index in [1.165, 1.54) is 19.3 Å². The van der Waals surface area contributed by atoms with Gasteiger partial charge in [0.25, 0.3) is 5.89 Å². The Hall–Kier alpha value is -2.77. The molecule has 5 heterocycles. The summed E-state index contributed by atoms with van der Waals surface area (Å²) in [5, 5.41) is 13.2. The Morgan fingerprint density at radius 1 is 1.10 bits per heavy atom. The first kappa shape index (κ1) is 19.2. The van der Waals surface area contributed by atoms with Gasteiger partial charge in [0, 0.05) is 49.7 Å². The molecule has 30 heavy (non-hydrogen) atoms. The maximum absolute atomic E-state index is 5.48. The van der Waals surface area contributed by atoms with Gasteiger partial charge in [-0.25, -0.2) is 4.98 Å². The van der Waals surface area contributed by atoms with Gasteiger partial charge in [-0.3, -0.25) is 0 Å². The molecule has 0 radical (unpaired) electrons. The van der Waals surface area contributed by atoms with Crippen LogP contribution in [0.2, 0.25) is 0 Å². The Balaban J connectivity index is 1.37. The molecule has 2 aliphatic heterocycles. The van der Waals surface area contributed by atoms with Crippen LogP contribution in [0.1, 0.15) is 75.3 Å². The van der Waals surface area contributed by atoms with Crippen molar-refractivity contribution in [1.82, 2.24) is 29.9 Å². The van der Waals surface area contributed by atoms with E-state index < -0.39 is 0 Å². The monoisotopic (exact) mass is 407 g/mol. The SMILES string of the molecule is CC(C)c1noc(-c2ccnc(N3CCC[C@@H](c4nnc5n4CCCCC5)C3)c2)n1. The number of rotatable bonds is 4. The van der Waals surface area contributed by atoms with E-state index in [4.69, 9.17) is 4.52 Å². The molecule has 5 rings (SSSR count). The molecule has 0 aliphatic carbocycles.